The number of hydrogen-bond acceptors (Lipinski definition) is 3. The molecule has 3 heteroatoms. The lowest BCUT2D eigenvalue weighted by molar-refractivity contribution is 0.482. The topological polar surface area (TPSA) is 44.1 Å². The summed E-state index contributed by atoms with van der Waals surface area (Å²) >= 11 is 1.52. The second kappa shape index (κ2) is 5.32. The van der Waals surface area contributed by atoms with Gasteiger partial charge in [-0.2, -0.15) is 0 Å². The van der Waals surface area contributed by atoms with Crippen LogP contribution in [0.25, 0.3) is 10.1 Å². The van der Waals surface area contributed by atoms with Gasteiger partial charge in [0, 0.05) is 10.1 Å². The van der Waals surface area contributed by atoms with Crippen molar-refractivity contribution in [2.45, 2.75) is 32.6 Å². The summed E-state index contributed by atoms with van der Waals surface area (Å²) in [7, 11) is 0. The minimum atomic E-state index is 0.284. The molecule has 2 rings (SSSR count). The molecule has 0 atom stereocenters. The molecule has 1 aromatic heterocycles. The van der Waals surface area contributed by atoms with Crippen molar-refractivity contribution in [2.24, 2.45) is 0 Å². The summed E-state index contributed by atoms with van der Waals surface area (Å²) in [6.45, 7) is 2.15. The van der Waals surface area contributed by atoms with Crippen LogP contribution >= 0.6 is 11.3 Å². The lowest BCUT2D eigenvalue weighted by Crippen LogP contribution is -1.95. The monoisotopic (exact) mass is 247 g/mol. The van der Waals surface area contributed by atoms with Crippen molar-refractivity contribution in [3.05, 3.63) is 29.1 Å². The van der Waals surface area contributed by atoms with E-state index in [-0.39, 0.29) is 5.75 Å². The molecule has 0 saturated heterocycles. The smallest absolute Gasteiger partial charge is 0.143 e. The Bertz CT molecular complexity index is 530. The summed E-state index contributed by atoms with van der Waals surface area (Å²) in [6, 6.07) is 7.77. The SMILES string of the molecule is CCCCCC(=N)c1sc2ccccc2c1O. The predicted octanol–water partition coefficient (Wildman–Crippen LogP) is 4.56. The zero-order valence-electron chi connectivity index (χ0n) is 9.99. The summed E-state index contributed by atoms with van der Waals surface area (Å²) in [5, 5.41) is 19.0. The van der Waals surface area contributed by atoms with E-state index in [1.165, 1.54) is 11.3 Å². The third-order valence-corrected chi connectivity index (χ3v) is 4.09. The van der Waals surface area contributed by atoms with Crippen molar-refractivity contribution >= 4 is 27.1 Å². The van der Waals surface area contributed by atoms with Crippen LogP contribution < -0.4 is 0 Å². The van der Waals surface area contributed by atoms with Crippen LogP contribution in [0.15, 0.2) is 24.3 Å². The van der Waals surface area contributed by atoms with Crippen LogP contribution in [-0.4, -0.2) is 10.8 Å². The molecule has 0 unspecified atom stereocenters. The number of aromatic hydroxyl groups is 1. The molecule has 0 aliphatic rings. The van der Waals surface area contributed by atoms with E-state index < -0.39 is 0 Å². The first-order valence-electron chi connectivity index (χ1n) is 6.02. The van der Waals surface area contributed by atoms with E-state index in [9.17, 15) is 5.11 Å². The normalized spacial score (nSPS) is 10.9. The fourth-order valence-electron chi connectivity index (χ4n) is 1.90. The van der Waals surface area contributed by atoms with Gasteiger partial charge in [0.1, 0.15) is 5.75 Å². The van der Waals surface area contributed by atoms with E-state index >= 15 is 0 Å². The molecule has 90 valence electrons. The molecule has 0 saturated carbocycles. The highest BCUT2D eigenvalue weighted by Gasteiger charge is 2.14. The summed E-state index contributed by atoms with van der Waals surface area (Å²) in [5.41, 5.74) is 0.567. The quantitative estimate of drug-likeness (QED) is 0.590. The van der Waals surface area contributed by atoms with Gasteiger partial charge >= 0.3 is 0 Å². The van der Waals surface area contributed by atoms with Crippen molar-refractivity contribution in [1.82, 2.24) is 0 Å². The molecule has 1 aromatic carbocycles. The summed E-state index contributed by atoms with van der Waals surface area (Å²) in [5.74, 6) is 0.284. The molecule has 0 spiro atoms. The molecule has 2 N–H and O–H groups in total. The number of benzene rings is 1. The van der Waals surface area contributed by atoms with Crippen LogP contribution in [0.5, 0.6) is 5.75 Å². The Morgan fingerprint density at radius 3 is 2.76 bits per heavy atom. The van der Waals surface area contributed by atoms with E-state index in [4.69, 9.17) is 5.41 Å². The van der Waals surface area contributed by atoms with E-state index in [2.05, 4.69) is 6.92 Å². The Morgan fingerprint density at radius 1 is 1.29 bits per heavy atom. The molecule has 0 radical (unpaired) electrons. The number of hydrogen-bond donors (Lipinski definition) is 2. The highest BCUT2D eigenvalue weighted by atomic mass is 32.1. The van der Waals surface area contributed by atoms with E-state index in [1.54, 1.807) is 0 Å². The second-order valence-electron chi connectivity index (χ2n) is 4.21. The van der Waals surface area contributed by atoms with Gasteiger partial charge in [0.05, 0.1) is 10.6 Å². The van der Waals surface area contributed by atoms with Gasteiger partial charge in [-0.1, -0.05) is 31.9 Å². The maximum Gasteiger partial charge on any atom is 0.143 e. The van der Waals surface area contributed by atoms with Gasteiger partial charge in [0.25, 0.3) is 0 Å². The van der Waals surface area contributed by atoms with Gasteiger partial charge in [0.2, 0.25) is 0 Å². The summed E-state index contributed by atoms with van der Waals surface area (Å²) in [4.78, 5) is 0.738. The van der Waals surface area contributed by atoms with Crippen molar-refractivity contribution < 1.29 is 5.11 Å². The first kappa shape index (κ1) is 12.1. The minimum absolute atomic E-state index is 0.284. The highest BCUT2D eigenvalue weighted by Crippen LogP contribution is 2.37. The Hall–Kier alpha value is -1.35. The highest BCUT2D eigenvalue weighted by molar-refractivity contribution is 7.21. The average Bonchev–Trinajstić information content (AvgIpc) is 2.68. The van der Waals surface area contributed by atoms with E-state index in [1.807, 2.05) is 24.3 Å². The molecular formula is C14H17NOS. The largest absolute Gasteiger partial charge is 0.506 e. The van der Waals surface area contributed by atoms with Gasteiger partial charge in [-0.05, 0) is 25.0 Å². The van der Waals surface area contributed by atoms with E-state index in [0.29, 0.717) is 5.71 Å². The molecule has 2 nitrogen and oxygen atoms in total. The molecule has 1 heterocycles. The van der Waals surface area contributed by atoms with Crippen molar-refractivity contribution in [2.75, 3.05) is 0 Å². The predicted molar refractivity (Wildman–Crippen MR) is 74.5 cm³/mol. The zero-order valence-corrected chi connectivity index (χ0v) is 10.8. The fourth-order valence-corrected chi connectivity index (χ4v) is 2.97. The van der Waals surface area contributed by atoms with Crippen LogP contribution in [0.4, 0.5) is 0 Å². The number of fused-ring (bicyclic) bond motifs is 1. The minimum Gasteiger partial charge on any atom is -0.506 e. The van der Waals surface area contributed by atoms with Crippen molar-refractivity contribution in [1.29, 1.82) is 5.41 Å². The first-order valence-corrected chi connectivity index (χ1v) is 6.84. The van der Waals surface area contributed by atoms with Gasteiger partial charge in [-0.25, -0.2) is 0 Å². The molecule has 2 aromatic rings. The fraction of sp³-hybridized carbons (Fsp3) is 0.357. The molecule has 0 aliphatic carbocycles. The Balaban J connectivity index is 2.23. The number of nitrogens with one attached hydrogen (secondary N) is 1. The van der Waals surface area contributed by atoms with Crippen molar-refractivity contribution in [3.8, 4) is 5.75 Å². The third kappa shape index (κ3) is 2.50. The summed E-state index contributed by atoms with van der Waals surface area (Å²) in [6.07, 6.45) is 4.09. The number of rotatable bonds is 5. The molecule has 0 amide bonds. The first-order chi connectivity index (χ1) is 8.24. The van der Waals surface area contributed by atoms with Gasteiger partial charge < -0.3 is 10.5 Å². The maximum absolute atomic E-state index is 10.1. The second-order valence-corrected chi connectivity index (χ2v) is 5.26. The summed E-state index contributed by atoms with van der Waals surface area (Å²) < 4.78 is 1.06. The van der Waals surface area contributed by atoms with Crippen LogP contribution in [0, 0.1) is 5.41 Å². The molecular weight excluding hydrogens is 230 g/mol. The average molecular weight is 247 g/mol. The third-order valence-electron chi connectivity index (χ3n) is 2.87. The van der Waals surface area contributed by atoms with Gasteiger partial charge in [-0.3, -0.25) is 0 Å². The lowest BCUT2D eigenvalue weighted by Gasteiger charge is -2.01. The maximum atomic E-state index is 10.1. The molecule has 0 aliphatic heterocycles. The zero-order chi connectivity index (χ0) is 12.3. The molecule has 0 bridgehead atoms. The van der Waals surface area contributed by atoms with Crippen LogP contribution in [0.3, 0.4) is 0 Å². The Kier molecular flexibility index (Phi) is 3.79. The van der Waals surface area contributed by atoms with Gasteiger partial charge in [0.15, 0.2) is 0 Å². The van der Waals surface area contributed by atoms with Crippen molar-refractivity contribution in [3.63, 3.8) is 0 Å². The number of unbranched alkanes of at least 4 members (excludes halogenated alkanes) is 2. The van der Waals surface area contributed by atoms with Crippen LogP contribution in [0.2, 0.25) is 0 Å². The van der Waals surface area contributed by atoms with E-state index in [0.717, 1.165) is 40.6 Å². The standard InChI is InChI=1S/C14H17NOS/c1-2-3-4-8-11(15)14-13(16)10-7-5-6-9-12(10)17-14/h5-7,9,15-16H,2-4,8H2,1H3. The Labute approximate surface area is 105 Å². The lowest BCUT2D eigenvalue weighted by atomic mass is 10.1. The van der Waals surface area contributed by atoms with Crippen LogP contribution in [0.1, 0.15) is 37.5 Å². The van der Waals surface area contributed by atoms with Crippen LogP contribution in [-0.2, 0) is 0 Å². The Morgan fingerprint density at radius 2 is 2.06 bits per heavy atom. The van der Waals surface area contributed by atoms with Gasteiger partial charge in [-0.15, -0.1) is 11.3 Å². The molecule has 17 heavy (non-hydrogen) atoms. The molecule has 0 fully saturated rings. The number of thiophene rings is 1.